The first-order valence-electron chi connectivity index (χ1n) is 10.7. The van der Waals surface area contributed by atoms with Crippen molar-refractivity contribution in [3.05, 3.63) is 65.6 Å². The van der Waals surface area contributed by atoms with Gasteiger partial charge in [-0.05, 0) is 47.6 Å². The Balaban J connectivity index is 1.53. The van der Waals surface area contributed by atoms with Crippen LogP contribution < -0.4 is 10.6 Å². The SMILES string of the molecule is CCc1ccc(C(=O)Nc2nccnc2C(=O)NCC2CCOCC2)c2ccccc12. The van der Waals surface area contributed by atoms with Crippen LogP contribution in [0.3, 0.4) is 0 Å². The second-order valence-corrected chi connectivity index (χ2v) is 7.64. The Morgan fingerprint density at radius 2 is 1.74 bits per heavy atom. The lowest BCUT2D eigenvalue weighted by molar-refractivity contribution is 0.0642. The number of hydrogen-bond acceptors (Lipinski definition) is 5. The van der Waals surface area contributed by atoms with E-state index in [1.54, 1.807) is 0 Å². The van der Waals surface area contributed by atoms with Crippen LogP contribution in [0.2, 0.25) is 0 Å². The number of aromatic nitrogens is 2. The fraction of sp³-hybridized carbons (Fsp3) is 0.333. The van der Waals surface area contributed by atoms with E-state index in [1.165, 1.54) is 18.0 Å². The third kappa shape index (κ3) is 4.72. The van der Waals surface area contributed by atoms with E-state index < -0.39 is 0 Å². The lowest BCUT2D eigenvalue weighted by atomic mass is 9.98. The molecule has 0 unspecified atom stereocenters. The molecule has 2 aromatic carbocycles. The maximum Gasteiger partial charge on any atom is 0.273 e. The standard InChI is InChI=1S/C24H26N4O3/c1-2-17-7-8-20(19-6-4-3-5-18(17)19)23(29)28-22-21(25-11-12-26-22)24(30)27-15-16-9-13-31-14-10-16/h3-8,11-12,16H,2,9-10,13-15H2,1H3,(H,27,30)(H,26,28,29). The summed E-state index contributed by atoms with van der Waals surface area (Å²) >= 11 is 0. The van der Waals surface area contributed by atoms with Crippen LogP contribution in [0.15, 0.2) is 48.8 Å². The van der Waals surface area contributed by atoms with Crippen molar-refractivity contribution < 1.29 is 14.3 Å². The highest BCUT2D eigenvalue weighted by Gasteiger charge is 2.20. The van der Waals surface area contributed by atoms with Gasteiger partial charge in [-0.1, -0.05) is 37.3 Å². The summed E-state index contributed by atoms with van der Waals surface area (Å²) in [6.45, 7) is 4.08. The van der Waals surface area contributed by atoms with E-state index in [-0.39, 0.29) is 23.3 Å². The van der Waals surface area contributed by atoms with Gasteiger partial charge in [-0.25, -0.2) is 9.97 Å². The van der Waals surface area contributed by atoms with E-state index in [9.17, 15) is 9.59 Å². The molecule has 4 rings (SSSR count). The first-order valence-corrected chi connectivity index (χ1v) is 10.7. The average molecular weight is 418 g/mol. The molecule has 2 amide bonds. The van der Waals surface area contributed by atoms with Gasteiger partial charge in [0.1, 0.15) is 0 Å². The maximum absolute atomic E-state index is 13.1. The summed E-state index contributed by atoms with van der Waals surface area (Å²) in [6, 6.07) is 11.6. The number of carbonyl (C=O) groups excluding carboxylic acids is 2. The molecule has 0 radical (unpaired) electrons. The molecule has 7 heteroatoms. The zero-order chi connectivity index (χ0) is 21.6. The number of hydrogen-bond donors (Lipinski definition) is 2. The Hall–Kier alpha value is -3.32. The van der Waals surface area contributed by atoms with Gasteiger partial charge in [-0.15, -0.1) is 0 Å². The molecule has 2 heterocycles. The number of nitrogens with zero attached hydrogens (tertiary/aromatic N) is 2. The van der Waals surface area contributed by atoms with Crippen molar-refractivity contribution in [1.29, 1.82) is 0 Å². The molecular formula is C24H26N4O3. The van der Waals surface area contributed by atoms with Crippen molar-refractivity contribution in [2.75, 3.05) is 25.1 Å². The highest BCUT2D eigenvalue weighted by molar-refractivity contribution is 6.14. The van der Waals surface area contributed by atoms with E-state index in [4.69, 9.17) is 4.74 Å². The molecule has 0 aliphatic carbocycles. The maximum atomic E-state index is 13.1. The summed E-state index contributed by atoms with van der Waals surface area (Å²) in [5, 5.41) is 7.62. The zero-order valence-electron chi connectivity index (χ0n) is 17.6. The van der Waals surface area contributed by atoms with Crippen LogP contribution in [-0.2, 0) is 11.2 Å². The normalized spacial score (nSPS) is 14.4. The van der Waals surface area contributed by atoms with Gasteiger partial charge in [0.25, 0.3) is 11.8 Å². The van der Waals surface area contributed by atoms with Crippen molar-refractivity contribution in [3.63, 3.8) is 0 Å². The number of benzene rings is 2. The monoisotopic (exact) mass is 418 g/mol. The Bertz CT molecular complexity index is 1090. The van der Waals surface area contributed by atoms with Crippen LogP contribution in [0.25, 0.3) is 10.8 Å². The molecule has 31 heavy (non-hydrogen) atoms. The molecule has 0 saturated carbocycles. The van der Waals surface area contributed by atoms with Gasteiger partial charge in [-0.2, -0.15) is 0 Å². The first-order chi connectivity index (χ1) is 15.2. The zero-order valence-corrected chi connectivity index (χ0v) is 17.6. The van der Waals surface area contributed by atoms with Gasteiger partial charge < -0.3 is 15.4 Å². The number of rotatable bonds is 6. The van der Waals surface area contributed by atoms with Crippen molar-refractivity contribution in [3.8, 4) is 0 Å². The summed E-state index contributed by atoms with van der Waals surface area (Å²) in [5.41, 5.74) is 1.82. The molecular weight excluding hydrogens is 392 g/mol. The van der Waals surface area contributed by atoms with Gasteiger partial charge in [0, 0.05) is 37.7 Å². The number of ether oxygens (including phenoxy) is 1. The fourth-order valence-electron chi connectivity index (χ4n) is 3.91. The summed E-state index contributed by atoms with van der Waals surface area (Å²) in [4.78, 5) is 34.2. The van der Waals surface area contributed by atoms with Crippen LogP contribution in [0.1, 0.15) is 46.2 Å². The Kier molecular flexibility index (Phi) is 6.52. The molecule has 3 aromatic rings. The molecule has 0 bridgehead atoms. The summed E-state index contributed by atoms with van der Waals surface area (Å²) in [7, 11) is 0. The highest BCUT2D eigenvalue weighted by Crippen LogP contribution is 2.24. The van der Waals surface area contributed by atoms with Gasteiger partial charge >= 0.3 is 0 Å². The van der Waals surface area contributed by atoms with E-state index in [2.05, 4.69) is 27.5 Å². The van der Waals surface area contributed by atoms with Gasteiger partial charge in [-0.3, -0.25) is 9.59 Å². The van der Waals surface area contributed by atoms with E-state index in [0.717, 1.165) is 43.2 Å². The van der Waals surface area contributed by atoms with Crippen molar-refractivity contribution >= 4 is 28.4 Å². The third-order valence-electron chi connectivity index (χ3n) is 5.68. The number of aryl methyl sites for hydroxylation is 1. The molecule has 1 saturated heterocycles. The lowest BCUT2D eigenvalue weighted by Crippen LogP contribution is -2.33. The third-order valence-corrected chi connectivity index (χ3v) is 5.68. The van der Waals surface area contributed by atoms with Crippen molar-refractivity contribution in [2.45, 2.75) is 26.2 Å². The van der Waals surface area contributed by atoms with E-state index in [0.29, 0.717) is 18.0 Å². The van der Waals surface area contributed by atoms with Crippen LogP contribution in [0.4, 0.5) is 5.82 Å². The first kappa shape index (κ1) is 20.9. The lowest BCUT2D eigenvalue weighted by Gasteiger charge is -2.22. The van der Waals surface area contributed by atoms with Gasteiger partial charge in [0.2, 0.25) is 0 Å². The number of anilines is 1. The predicted octanol–water partition coefficient (Wildman–Crippen LogP) is 3.60. The number of amides is 2. The van der Waals surface area contributed by atoms with Crippen molar-refractivity contribution in [2.24, 2.45) is 5.92 Å². The molecule has 0 spiro atoms. The van der Waals surface area contributed by atoms with Crippen LogP contribution in [0.5, 0.6) is 0 Å². The molecule has 1 aromatic heterocycles. The highest BCUT2D eigenvalue weighted by atomic mass is 16.5. The largest absolute Gasteiger partial charge is 0.381 e. The molecule has 1 aliphatic heterocycles. The quantitative estimate of drug-likeness (QED) is 0.638. The molecule has 7 nitrogen and oxygen atoms in total. The molecule has 1 aliphatic rings. The second kappa shape index (κ2) is 9.66. The minimum atomic E-state index is -0.346. The minimum absolute atomic E-state index is 0.109. The number of nitrogens with one attached hydrogen (secondary N) is 2. The Morgan fingerprint density at radius 3 is 2.52 bits per heavy atom. The summed E-state index contributed by atoms with van der Waals surface area (Å²) in [5.74, 6) is -0.129. The molecule has 0 atom stereocenters. The summed E-state index contributed by atoms with van der Waals surface area (Å²) in [6.07, 6.45) is 5.63. The van der Waals surface area contributed by atoms with Crippen LogP contribution in [0, 0.1) is 5.92 Å². The van der Waals surface area contributed by atoms with Crippen LogP contribution in [-0.4, -0.2) is 41.5 Å². The Morgan fingerprint density at radius 1 is 1.00 bits per heavy atom. The van der Waals surface area contributed by atoms with Crippen LogP contribution >= 0.6 is 0 Å². The van der Waals surface area contributed by atoms with E-state index in [1.807, 2.05) is 36.4 Å². The second-order valence-electron chi connectivity index (χ2n) is 7.64. The molecule has 1 fully saturated rings. The predicted molar refractivity (Wildman–Crippen MR) is 119 cm³/mol. The molecule has 160 valence electrons. The topological polar surface area (TPSA) is 93.2 Å². The minimum Gasteiger partial charge on any atom is -0.381 e. The number of carbonyl (C=O) groups is 2. The number of fused-ring (bicyclic) bond motifs is 1. The van der Waals surface area contributed by atoms with Crippen molar-refractivity contribution in [1.82, 2.24) is 15.3 Å². The summed E-state index contributed by atoms with van der Waals surface area (Å²) < 4.78 is 5.36. The molecule has 2 N–H and O–H groups in total. The fourth-order valence-corrected chi connectivity index (χ4v) is 3.91. The van der Waals surface area contributed by atoms with E-state index >= 15 is 0 Å². The van der Waals surface area contributed by atoms with Gasteiger partial charge in [0.15, 0.2) is 11.5 Å². The average Bonchev–Trinajstić information content (AvgIpc) is 2.82. The van der Waals surface area contributed by atoms with Gasteiger partial charge in [0.05, 0.1) is 0 Å². The smallest absolute Gasteiger partial charge is 0.273 e. The Labute approximate surface area is 181 Å².